The van der Waals surface area contributed by atoms with Crippen molar-refractivity contribution in [2.24, 2.45) is 10.8 Å². The first-order valence-corrected chi connectivity index (χ1v) is 2.95. The van der Waals surface area contributed by atoms with Gasteiger partial charge in [-0.05, 0) is 0 Å². The number of nitrogens with zero attached hydrogens (tertiary/aromatic N) is 2. The Bertz CT molecular complexity index is 136. The van der Waals surface area contributed by atoms with E-state index in [1.165, 1.54) is 0 Å². The molecule has 0 aromatic rings. The summed E-state index contributed by atoms with van der Waals surface area (Å²) in [6.07, 6.45) is 0. The first-order valence-electron chi connectivity index (χ1n) is 2.95. The third kappa shape index (κ3) is 1.74. The van der Waals surface area contributed by atoms with Gasteiger partial charge in [-0.25, -0.2) is 5.53 Å². The minimum Gasteiger partial charge on any atom is -0.383 e. The topological polar surface area (TPSA) is 74.9 Å². The summed E-state index contributed by atoms with van der Waals surface area (Å²) >= 11 is 0. The van der Waals surface area contributed by atoms with E-state index in [4.69, 9.17) is 10.5 Å². The van der Waals surface area contributed by atoms with Crippen LogP contribution in [0.3, 0.4) is 0 Å². The number of nitrogens with two attached hydrogens (primary N) is 1. The molecule has 0 unspecified atom stereocenters. The molecule has 1 rings (SSSR count). The molecule has 0 radical (unpaired) electrons. The van der Waals surface area contributed by atoms with Gasteiger partial charge in [0.2, 0.25) is 5.96 Å². The minimum atomic E-state index is 0.371. The summed E-state index contributed by atoms with van der Waals surface area (Å²) in [6.45, 7) is 1.32. The van der Waals surface area contributed by atoms with Crippen LogP contribution in [0, 0.1) is 0 Å². The smallest absolute Gasteiger partial charge is 0.228 e. The Morgan fingerprint density at radius 1 is 1.80 bits per heavy atom. The molecule has 0 fully saturated rings. The summed E-state index contributed by atoms with van der Waals surface area (Å²) in [6, 6.07) is 0. The van der Waals surface area contributed by atoms with Crippen molar-refractivity contribution in [2.75, 3.05) is 20.3 Å². The van der Waals surface area contributed by atoms with Gasteiger partial charge in [0, 0.05) is 7.11 Å². The largest absolute Gasteiger partial charge is 0.383 e. The molecule has 4 N–H and O–H groups in total. The second-order valence-electron chi connectivity index (χ2n) is 1.85. The molecule has 6 nitrogen and oxygen atoms in total. The molecule has 0 spiro atoms. The van der Waals surface area contributed by atoms with Crippen LogP contribution in [0.15, 0.2) is 5.10 Å². The van der Waals surface area contributed by atoms with Gasteiger partial charge in [-0.15, -0.1) is 10.2 Å². The summed E-state index contributed by atoms with van der Waals surface area (Å²) in [5.74, 6) is 0.371. The van der Waals surface area contributed by atoms with Crippen LogP contribution in [0.5, 0.6) is 0 Å². The fraction of sp³-hybridized carbons (Fsp3) is 0.750. The lowest BCUT2D eigenvalue weighted by atomic mass is 10.7. The summed E-state index contributed by atoms with van der Waals surface area (Å²) in [4.78, 5) is 0. The van der Waals surface area contributed by atoms with E-state index in [-0.39, 0.29) is 0 Å². The van der Waals surface area contributed by atoms with Crippen molar-refractivity contribution in [1.29, 1.82) is 0 Å². The van der Waals surface area contributed by atoms with E-state index in [1.807, 2.05) is 0 Å². The average Bonchev–Trinajstić information content (AvgIpc) is 2.31. The zero-order valence-corrected chi connectivity index (χ0v) is 5.79. The Kier molecular flexibility index (Phi) is 2.30. The quantitative estimate of drug-likeness (QED) is 0.436. The Morgan fingerprint density at radius 3 is 3.10 bits per heavy atom. The molecule has 0 atom stereocenters. The van der Waals surface area contributed by atoms with E-state index in [9.17, 15) is 0 Å². The highest BCUT2D eigenvalue weighted by atomic mass is 16.5. The van der Waals surface area contributed by atoms with Crippen molar-refractivity contribution in [3.8, 4) is 0 Å². The van der Waals surface area contributed by atoms with E-state index < -0.39 is 0 Å². The molecule has 1 aliphatic rings. The van der Waals surface area contributed by atoms with Gasteiger partial charge >= 0.3 is 0 Å². The van der Waals surface area contributed by atoms with Gasteiger partial charge in [-0.1, -0.05) is 0 Å². The third-order valence-electron chi connectivity index (χ3n) is 1.06. The highest BCUT2D eigenvalue weighted by molar-refractivity contribution is 5.77. The molecule has 0 aromatic carbocycles. The maximum Gasteiger partial charge on any atom is 0.228 e. The van der Waals surface area contributed by atoms with Crippen LogP contribution in [-0.4, -0.2) is 31.3 Å². The average molecular weight is 145 g/mol. The second kappa shape index (κ2) is 3.23. The van der Waals surface area contributed by atoms with E-state index >= 15 is 0 Å². The number of rotatable bonds is 3. The SMILES string of the molecule is COCCN1NN=C(N)N1. The van der Waals surface area contributed by atoms with Gasteiger partial charge in [0.1, 0.15) is 0 Å². The monoisotopic (exact) mass is 145 g/mol. The fourth-order valence-electron chi connectivity index (χ4n) is 0.591. The van der Waals surface area contributed by atoms with Crippen LogP contribution in [0.4, 0.5) is 0 Å². The zero-order valence-electron chi connectivity index (χ0n) is 5.79. The van der Waals surface area contributed by atoms with Crippen LogP contribution >= 0.6 is 0 Å². The normalized spacial score (nSPS) is 17.9. The Labute approximate surface area is 58.9 Å². The van der Waals surface area contributed by atoms with Crippen LogP contribution in [0.25, 0.3) is 0 Å². The zero-order chi connectivity index (χ0) is 7.40. The Balaban J connectivity index is 2.11. The lowest BCUT2D eigenvalue weighted by Gasteiger charge is -2.13. The van der Waals surface area contributed by atoms with E-state index in [1.54, 1.807) is 12.2 Å². The Morgan fingerprint density at radius 2 is 2.60 bits per heavy atom. The van der Waals surface area contributed by atoms with E-state index in [0.717, 1.165) is 0 Å². The molecule has 0 saturated carbocycles. The van der Waals surface area contributed by atoms with Crippen molar-refractivity contribution < 1.29 is 4.74 Å². The molecule has 1 aliphatic heterocycles. The van der Waals surface area contributed by atoms with Crippen molar-refractivity contribution in [3.05, 3.63) is 0 Å². The summed E-state index contributed by atoms with van der Waals surface area (Å²) in [5, 5.41) is 5.31. The van der Waals surface area contributed by atoms with Gasteiger partial charge < -0.3 is 10.5 Å². The van der Waals surface area contributed by atoms with Crippen LogP contribution in [0.2, 0.25) is 0 Å². The van der Waals surface area contributed by atoms with Crippen molar-refractivity contribution in [3.63, 3.8) is 0 Å². The predicted octanol–water partition coefficient (Wildman–Crippen LogP) is -1.81. The van der Waals surface area contributed by atoms with Gasteiger partial charge in [-0.3, -0.25) is 5.43 Å². The van der Waals surface area contributed by atoms with Crippen LogP contribution < -0.4 is 16.7 Å². The van der Waals surface area contributed by atoms with Crippen LogP contribution in [-0.2, 0) is 4.74 Å². The first kappa shape index (κ1) is 7.10. The number of hydrogen-bond acceptors (Lipinski definition) is 6. The van der Waals surface area contributed by atoms with Crippen molar-refractivity contribution in [2.45, 2.75) is 0 Å². The summed E-state index contributed by atoms with van der Waals surface area (Å²) in [5.41, 5.74) is 10.7. The molecule has 0 amide bonds. The molecule has 0 aromatic heterocycles. The summed E-state index contributed by atoms with van der Waals surface area (Å²) in [7, 11) is 1.64. The lowest BCUT2D eigenvalue weighted by molar-refractivity contribution is 0.107. The highest BCUT2D eigenvalue weighted by Crippen LogP contribution is 1.82. The molecular weight excluding hydrogens is 134 g/mol. The van der Waals surface area contributed by atoms with E-state index in [2.05, 4.69) is 16.1 Å². The minimum absolute atomic E-state index is 0.371. The summed E-state index contributed by atoms with van der Waals surface area (Å²) < 4.78 is 4.83. The number of hydrazine groups is 2. The van der Waals surface area contributed by atoms with Gasteiger partial charge in [0.15, 0.2) is 0 Å². The fourth-order valence-corrected chi connectivity index (χ4v) is 0.591. The highest BCUT2D eigenvalue weighted by Gasteiger charge is 2.09. The Hall–Kier alpha value is -1.01. The molecule has 58 valence electrons. The molecular formula is C4H11N5O. The number of ether oxygens (including phenoxy) is 1. The molecule has 0 aliphatic carbocycles. The van der Waals surface area contributed by atoms with Gasteiger partial charge in [-0.2, -0.15) is 0 Å². The lowest BCUT2D eigenvalue weighted by Crippen LogP contribution is -2.45. The number of hydrogen-bond donors (Lipinski definition) is 3. The predicted molar refractivity (Wildman–Crippen MR) is 36.5 cm³/mol. The molecule has 10 heavy (non-hydrogen) atoms. The number of methoxy groups -OCH3 is 1. The number of nitrogens with one attached hydrogen (secondary N) is 2. The second-order valence-corrected chi connectivity index (χ2v) is 1.85. The van der Waals surface area contributed by atoms with E-state index in [0.29, 0.717) is 19.1 Å². The van der Waals surface area contributed by atoms with Gasteiger partial charge in [0.05, 0.1) is 13.2 Å². The third-order valence-corrected chi connectivity index (χ3v) is 1.06. The maximum atomic E-state index is 5.29. The molecule has 1 heterocycles. The first-order chi connectivity index (χ1) is 4.83. The van der Waals surface area contributed by atoms with Crippen LogP contribution in [0.1, 0.15) is 0 Å². The van der Waals surface area contributed by atoms with Gasteiger partial charge in [0.25, 0.3) is 0 Å². The molecule has 0 saturated heterocycles. The van der Waals surface area contributed by atoms with Crippen molar-refractivity contribution >= 4 is 5.96 Å². The maximum absolute atomic E-state index is 5.29. The molecule has 0 bridgehead atoms. The number of guanidine groups is 1. The van der Waals surface area contributed by atoms with Crippen molar-refractivity contribution in [1.82, 2.24) is 16.1 Å². The standard InChI is InChI=1S/C4H11N5O/c1-10-3-2-9-7-4(5)6-8-9/h8H,2-3H2,1H3,(H3,5,6,7). The number of hydrazone groups is 1. The molecule has 6 heteroatoms.